The van der Waals surface area contributed by atoms with Crippen molar-refractivity contribution >= 4 is 23.1 Å². The van der Waals surface area contributed by atoms with Crippen LogP contribution in [0.3, 0.4) is 0 Å². The van der Waals surface area contributed by atoms with Gasteiger partial charge in [0, 0.05) is 24.2 Å². The van der Waals surface area contributed by atoms with Gasteiger partial charge < -0.3 is 49.4 Å². The lowest BCUT2D eigenvalue weighted by atomic mass is 9.96. The zero-order valence-electron chi connectivity index (χ0n) is 21.6. The van der Waals surface area contributed by atoms with Crippen LogP contribution in [0, 0.1) is 0 Å². The highest BCUT2D eigenvalue weighted by Crippen LogP contribution is 2.33. The molecule has 0 unspecified atom stereocenters. The number of amides is 1. The fourth-order valence-electron chi connectivity index (χ4n) is 4.12. The molecule has 5 N–H and O–H groups in total. The predicted octanol–water partition coefficient (Wildman–Crippen LogP) is 0.426. The van der Waals surface area contributed by atoms with Crippen molar-refractivity contribution in [1.29, 1.82) is 0 Å². The van der Waals surface area contributed by atoms with Crippen LogP contribution in [0.2, 0.25) is 5.02 Å². The molecular weight excluding hydrogens is 534 g/mol. The van der Waals surface area contributed by atoms with Gasteiger partial charge in [0.15, 0.2) is 17.8 Å². The molecule has 0 saturated carbocycles. The number of hydrogen-bond acceptors (Lipinski definition) is 10. The summed E-state index contributed by atoms with van der Waals surface area (Å²) in [5.74, 6) is 0.568. The second kappa shape index (κ2) is 14.6. The predicted molar refractivity (Wildman–Crippen MR) is 141 cm³/mol. The van der Waals surface area contributed by atoms with Crippen LogP contribution < -0.4 is 9.47 Å². The summed E-state index contributed by atoms with van der Waals surface area (Å²) in [6.07, 6.45) is -5.68. The molecule has 39 heavy (non-hydrogen) atoms. The SMILES string of the molecule is COc1ccc(C(=CC(=O)N(CCO)CCO[C@@H]2O[C@H](CO)[C@@H](O)[C@H](O)[C@H]2O)c2ccc(Cl)cc2)cc1OC. The van der Waals surface area contributed by atoms with Gasteiger partial charge in [-0.25, -0.2) is 0 Å². The maximum absolute atomic E-state index is 13.4. The number of carbonyl (C=O) groups excluding carboxylic acids is 1. The van der Waals surface area contributed by atoms with E-state index in [9.17, 15) is 30.3 Å². The minimum atomic E-state index is -1.58. The highest BCUT2D eigenvalue weighted by molar-refractivity contribution is 6.30. The first-order valence-corrected chi connectivity index (χ1v) is 12.6. The van der Waals surface area contributed by atoms with Gasteiger partial charge in [-0.3, -0.25) is 4.79 Å². The number of halogens is 1. The molecule has 1 aliphatic heterocycles. The molecule has 1 fully saturated rings. The Bertz CT molecular complexity index is 1110. The third kappa shape index (κ3) is 7.68. The third-order valence-corrected chi connectivity index (χ3v) is 6.54. The molecule has 1 heterocycles. The fourth-order valence-corrected chi connectivity index (χ4v) is 4.24. The summed E-state index contributed by atoms with van der Waals surface area (Å²) < 4.78 is 21.6. The molecule has 3 rings (SSSR count). The van der Waals surface area contributed by atoms with Crippen LogP contribution in [-0.2, 0) is 14.3 Å². The molecule has 0 radical (unpaired) electrons. The molecule has 2 aromatic rings. The van der Waals surface area contributed by atoms with Crippen LogP contribution in [0.5, 0.6) is 11.5 Å². The van der Waals surface area contributed by atoms with Gasteiger partial charge in [-0.1, -0.05) is 29.8 Å². The van der Waals surface area contributed by atoms with E-state index in [1.165, 1.54) is 25.2 Å². The molecule has 214 valence electrons. The van der Waals surface area contributed by atoms with Gasteiger partial charge in [-0.05, 0) is 41.0 Å². The summed E-state index contributed by atoms with van der Waals surface area (Å²) in [5.41, 5.74) is 1.95. The Labute approximate surface area is 231 Å². The van der Waals surface area contributed by atoms with Crippen LogP contribution in [0.4, 0.5) is 0 Å². The first-order chi connectivity index (χ1) is 18.7. The quantitative estimate of drug-likeness (QED) is 0.228. The summed E-state index contributed by atoms with van der Waals surface area (Å²) in [4.78, 5) is 14.7. The average molecular weight is 568 g/mol. The molecule has 0 spiro atoms. The van der Waals surface area contributed by atoms with E-state index in [2.05, 4.69) is 0 Å². The van der Waals surface area contributed by atoms with Crippen molar-refractivity contribution in [2.24, 2.45) is 0 Å². The molecule has 12 heteroatoms. The van der Waals surface area contributed by atoms with Gasteiger partial charge in [0.2, 0.25) is 5.91 Å². The number of methoxy groups -OCH3 is 2. The van der Waals surface area contributed by atoms with Crippen LogP contribution in [0.25, 0.3) is 5.57 Å². The lowest BCUT2D eigenvalue weighted by Gasteiger charge is -2.39. The fraction of sp³-hybridized carbons (Fsp3) is 0.444. The molecule has 0 bridgehead atoms. The van der Waals surface area contributed by atoms with Crippen LogP contribution in [0.15, 0.2) is 48.5 Å². The van der Waals surface area contributed by atoms with E-state index in [1.54, 1.807) is 42.5 Å². The maximum atomic E-state index is 13.4. The van der Waals surface area contributed by atoms with E-state index in [0.717, 1.165) is 0 Å². The number of ether oxygens (including phenoxy) is 4. The average Bonchev–Trinajstić information content (AvgIpc) is 2.95. The van der Waals surface area contributed by atoms with E-state index in [0.29, 0.717) is 33.2 Å². The monoisotopic (exact) mass is 567 g/mol. The second-order valence-corrected chi connectivity index (χ2v) is 9.19. The highest BCUT2D eigenvalue weighted by Gasteiger charge is 2.44. The second-order valence-electron chi connectivity index (χ2n) is 8.75. The Morgan fingerprint density at radius 3 is 2.23 bits per heavy atom. The van der Waals surface area contributed by atoms with Crippen molar-refractivity contribution < 1.29 is 49.3 Å². The van der Waals surface area contributed by atoms with E-state index in [1.807, 2.05) is 0 Å². The van der Waals surface area contributed by atoms with Crippen LogP contribution >= 0.6 is 11.6 Å². The van der Waals surface area contributed by atoms with Gasteiger partial charge in [0.1, 0.15) is 24.4 Å². The smallest absolute Gasteiger partial charge is 0.247 e. The molecule has 1 aliphatic rings. The summed E-state index contributed by atoms with van der Waals surface area (Å²) in [5, 5.41) is 49.5. The van der Waals surface area contributed by atoms with E-state index in [-0.39, 0.29) is 26.3 Å². The molecule has 0 aliphatic carbocycles. The molecule has 2 aromatic carbocycles. The van der Waals surface area contributed by atoms with Crippen molar-refractivity contribution in [3.05, 3.63) is 64.7 Å². The first-order valence-electron chi connectivity index (χ1n) is 12.3. The Balaban J connectivity index is 1.82. The van der Waals surface area contributed by atoms with Crippen LogP contribution in [0.1, 0.15) is 11.1 Å². The summed E-state index contributed by atoms with van der Waals surface area (Å²) in [7, 11) is 3.03. The molecule has 5 atom stereocenters. The van der Waals surface area contributed by atoms with Crippen molar-refractivity contribution in [2.75, 3.05) is 47.1 Å². The van der Waals surface area contributed by atoms with E-state index >= 15 is 0 Å². The molecule has 11 nitrogen and oxygen atoms in total. The lowest BCUT2D eigenvalue weighted by molar-refractivity contribution is -0.301. The molecule has 0 aromatic heterocycles. The van der Waals surface area contributed by atoms with Crippen LogP contribution in [-0.4, -0.2) is 114 Å². The zero-order valence-corrected chi connectivity index (χ0v) is 22.4. The summed E-state index contributed by atoms with van der Waals surface area (Å²) >= 11 is 6.07. The zero-order chi connectivity index (χ0) is 28.5. The summed E-state index contributed by atoms with van der Waals surface area (Å²) in [6.45, 7) is -1.03. The Kier molecular flexibility index (Phi) is 11.5. The number of benzene rings is 2. The molecule has 1 saturated heterocycles. The Morgan fingerprint density at radius 1 is 0.949 bits per heavy atom. The van der Waals surface area contributed by atoms with E-state index in [4.69, 9.17) is 30.5 Å². The first kappa shape index (κ1) is 30.8. The van der Waals surface area contributed by atoms with Crippen molar-refractivity contribution in [1.82, 2.24) is 4.90 Å². The van der Waals surface area contributed by atoms with Gasteiger partial charge >= 0.3 is 0 Å². The summed E-state index contributed by atoms with van der Waals surface area (Å²) in [6, 6.07) is 12.2. The normalized spacial score (nSPS) is 23.4. The van der Waals surface area contributed by atoms with Crippen molar-refractivity contribution in [3.8, 4) is 11.5 Å². The maximum Gasteiger partial charge on any atom is 0.247 e. The van der Waals surface area contributed by atoms with Gasteiger partial charge in [-0.2, -0.15) is 0 Å². The van der Waals surface area contributed by atoms with Gasteiger partial charge in [-0.15, -0.1) is 0 Å². The van der Waals surface area contributed by atoms with Gasteiger partial charge in [0.05, 0.1) is 34.0 Å². The Morgan fingerprint density at radius 2 is 1.62 bits per heavy atom. The standard InChI is InChI=1S/C27H34ClNO10/c1-36-20-8-5-17(13-21(20)37-2)19(16-3-6-18(28)7-4-16)14-23(32)29(9-11-30)10-12-38-27-26(35)25(34)24(33)22(15-31)39-27/h3-8,13-14,22,24-27,30-31,33-35H,9-12,15H2,1-2H3/t22-,24-,25+,26-,27-/m1/s1. The number of nitrogens with zero attached hydrogens (tertiary/aromatic N) is 1. The molecular formula is C27H34ClNO10. The van der Waals surface area contributed by atoms with Crippen molar-refractivity contribution in [3.63, 3.8) is 0 Å². The third-order valence-electron chi connectivity index (χ3n) is 6.29. The number of aliphatic hydroxyl groups excluding tert-OH is 5. The highest BCUT2D eigenvalue weighted by atomic mass is 35.5. The topological polar surface area (TPSA) is 158 Å². The van der Waals surface area contributed by atoms with E-state index < -0.39 is 43.2 Å². The minimum absolute atomic E-state index is 0.00471. The number of rotatable bonds is 12. The number of aliphatic hydroxyl groups is 5. The number of carbonyl (C=O) groups is 1. The van der Waals surface area contributed by atoms with Gasteiger partial charge in [0.25, 0.3) is 0 Å². The molecule has 1 amide bonds. The van der Waals surface area contributed by atoms with Crippen molar-refractivity contribution in [2.45, 2.75) is 30.7 Å². The minimum Gasteiger partial charge on any atom is -0.493 e. The Hall–Kier alpha value is -2.74. The largest absolute Gasteiger partial charge is 0.493 e. The lowest BCUT2D eigenvalue weighted by Crippen LogP contribution is -2.59. The number of hydrogen-bond donors (Lipinski definition) is 5.